The smallest absolute Gasteiger partial charge is 0.273 e. The molecule has 6 nitrogen and oxygen atoms in total. The molecule has 2 amide bonds. The minimum absolute atomic E-state index is 0.291. The van der Waals surface area contributed by atoms with E-state index in [0.29, 0.717) is 21.3 Å². The average Bonchev–Trinajstić information content (AvgIpc) is 2.72. The van der Waals surface area contributed by atoms with Gasteiger partial charge in [0.1, 0.15) is 0 Å². The third-order valence-corrected chi connectivity index (χ3v) is 4.82. The Bertz CT molecular complexity index is 1080. The van der Waals surface area contributed by atoms with Crippen LogP contribution >= 0.6 is 15.9 Å². The fraction of sp³-hybridized carbons (Fsp3) is 0.0909. The summed E-state index contributed by atoms with van der Waals surface area (Å²) in [6, 6.07) is 14.1. The number of hydrogen-bond donors (Lipinski definition) is 2. The van der Waals surface area contributed by atoms with Gasteiger partial charge in [-0.05, 0) is 60.9 Å². The Kier molecular flexibility index (Phi) is 6.51. The van der Waals surface area contributed by atoms with Crippen LogP contribution in [-0.4, -0.2) is 23.0 Å². The first-order valence-electron chi connectivity index (χ1n) is 8.85. The number of hydrogen-bond acceptors (Lipinski definition) is 4. The molecule has 0 saturated carbocycles. The van der Waals surface area contributed by atoms with Crippen molar-refractivity contribution in [2.75, 3.05) is 5.32 Å². The molecule has 0 spiro atoms. The van der Waals surface area contributed by atoms with Gasteiger partial charge in [0.05, 0.1) is 17.5 Å². The number of pyridine rings is 1. The molecule has 0 aliphatic carbocycles. The van der Waals surface area contributed by atoms with Gasteiger partial charge in [0.15, 0.2) is 0 Å². The van der Waals surface area contributed by atoms with Crippen LogP contribution in [0.15, 0.2) is 70.5 Å². The molecule has 0 saturated heterocycles. The van der Waals surface area contributed by atoms with Crippen molar-refractivity contribution in [2.45, 2.75) is 13.8 Å². The maximum absolute atomic E-state index is 12.6. The molecule has 0 aliphatic rings. The lowest BCUT2D eigenvalue weighted by atomic mass is 10.1. The normalized spacial score (nSPS) is 10.7. The van der Waals surface area contributed by atoms with Gasteiger partial charge in [-0.1, -0.05) is 34.1 Å². The van der Waals surface area contributed by atoms with Crippen LogP contribution in [0.25, 0.3) is 0 Å². The highest BCUT2D eigenvalue weighted by Gasteiger charge is 2.15. The van der Waals surface area contributed by atoms with E-state index >= 15 is 0 Å². The van der Waals surface area contributed by atoms with Gasteiger partial charge in [-0.15, -0.1) is 0 Å². The van der Waals surface area contributed by atoms with Crippen LogP contribution in [0, 0.1) is 13.8 Å². The molecule has 3 rings (SSSR count). The van der Waals surface area contributed by atoms with Crippen LogP contribution in [-0.2, 0) is 0 Å². The first-order chi connectivity index (χ1) is 13.9. The number of anilines is 1. The Morgan fingerprint density at radius 3 is 2.45 bits per heavy atom. The number of nitrogens with one attached hydrogen (secondary N) is 2. The van der Waals surface area contributed by atoms with E-state index in [2.05, 4.69) is 36.8 Å². The summed E-state index contributed by atoms with van der Waals surface area (Å²) in [5.41, 5.74) is 6.85. The minimum Gasteiger partial charge on any atom is -0.321 e. The fourth-order valence-electron chi connectivity index (χ4n) is 2.58. The van der Waals surface area contributed by atoms with E-state index in [0.717, 1.165) is 11.1 Å². The van der Waals surface area contributed by atoms with Crippen molar-refractivity contribution in [3.63, 3.8) is 0 Å². The number of aromatic nitrogens is 1. The van der Waals surface area contributed by atoms with Crippen LogP contribution in [0.3, 0.4) is 0 Å². The summed E-state index contributed by atoms with van der Waals surface area (Å²) in [5.74, 6) is -0.765. The van der Waals surface area contributed by atoms with Gasteiger partial charge >= 0.3 is 0 Å². The monoisotopic (exact) mass is 450 g/mol. The Morgan fingerprint density at radius 1 is 0.966 bits per heavy atom. The van der Waals surface area contributed by atoms with Crippen molar-refractivity contribution in [1.82, 2.24) is 10.4 Å². The van der Waals surface area contributed by atoms with E-state index < -0.39 is 5.91 Å². The highest BCUT2D eigenvalue weighted by Crippen LogP contribution is 2.22. The van der Waals surface area contributed by atoms with Gasteiger partial charge in [0, 0.05) is 22.4 Å². The van der Waals surface area contributed by atoms with Crippen molar-refractivity contribution < 1.29 is 9.59 Å². The van der Waals surface area contributed by atoms with Gasteiger partial charge in [0.2, 0.25) is 0 Å². The lowest BCUT2D eigenvalue weighted by molar-refractivity contribution is 0.0956. The zero-order valence-electron chi connectivity index (χ0n) is 15.9. The largest absolute Gasteiger partial charge is 0.321 e. The molecule has 1 heterocycles. The molecule has 0 bridgehead atoms. The SMILES string of the molecule is Cc1ccc(/C=N/NC(=O)c2cc(Br)ccc2NC(=O)c2ccncc2)cc1C. The maximum Gasteiger partial charge on any atom is 0.273 e. The topological polar surface area (TPSA) is 83.5 Å². The Labute approximate surface area is 177 Å². The number of carbonyl (C=O) groups is 2. The highest BCUT2D eigenvalue weighted by molar-refractivity contribution is 9.10. The molecule has 0 radical (unpaired) electrons. The number of amides is 2. The lowest BCUT2D eigenvalue weighted by Crippen LogP contribution is -2.21. The molecule has 0 fully saturated rings. The number of rotatable bonds is 5. The molecule has 146 valence electrons. The van der Waals surface area contributed by atoms with E-state index in [9.17, 15) is 9.59 Å². The number of carbonyl (C=O) groups excluding carboxylic acids is 2. The summed E-state index contributed by atoms with van der Waals surface area (Å²) in [6.07, 6.45) is 4.65. The van der Waals surface area contributed by atoms with Crippen molar-refractivity contribution >= 4 is 39.6 Å². The van der Waals surface area contributed by atoms with Crippen molar-refractivity contribution in [1.29, 1.82) is 0 Å². The quantitative estimate of drug-likeness (QED) is 0.443. The molecule has 0 unspecified atom stereocenters. The van der Waals surface area contributed by atoms with E-state index in [1.165, 1.54) is 18.0 Å². The third kappa shape index (κ3) is 5.36. The Hall–Kier alpha value is -3.32. The lowest BCUT2D eigenvalue weighted by Gasteiger charge is -2.11. The Balaban J connectivity index is 1.75. The van der Waals surface area contributed by atoms with E-state index in [1.807, 2.05) is 32.0 Å². The highest BCUT2D eigenvalue weighted by atomic mass is 79.9. The van der Waals surface area contributed by atoms with E-state index in [1.54, 1.807) is 36.5 Å². The summed E-state index contributed by atoms with van der Waals surface area (Å²) in [4.78, 5) is 29.0. The summed E-state index contributed by atoms with van der Waals surface area (Å²) in [6.45, 7) is 4.05. The molecule has 2 aromatic carbocycles. The molecule has 29 heavy (non-hydrogen) atoms. The predicted octanol–water partition coefficient (Wildman–Crippen LogP) is 4.48. The fourth-order valence-corrected chi connectivity index (χ4v) is 2.94. The second-order valence-electron chi connectivity index (χ2n) is 6.42. The van der Waals surface area contributed by atoms with Gasteiger partial charge in [-0.2, -0.15) is 5.10 Å². The first kappa shape index (κ1) is 20.4. The zero-order valence-corrected chi connectivity index (χ0v) is 17.5. The van der Waals surface area contributed by atoms with Crippen LogP contribution in [0.1, 0.15) is 37.4 Å². The zero-order chi connectivity index (χ0) is 20.8. The van der Waals surface area contributed by atoms with Crippen LogP contribution in [0.2, 0.25) is 0 Å². The van der Waals surface area contributed by atoms with Crippen LogP contribution < -0.4 is 10.7 Å². The predicted molar refractivity (Wildman–Crippen MR) is 117 cm³/mol. The number of hydrazone groups is 1. The molecule has 7 heteroatoms. The van der Waals surface area contributed by atoms with E-state index in [4.69, 9.17) is 0 Å². The third-order valence-electron chi connectivity index (χ3n) is 4.33. The summed E-state index contributed by atoms with van der Waals surface area (Å²) < 4.78 is 0.711. The number of aryl methyl sites for hydroxylation is 2. The van der Waals surface area contributed by atoms with Crippen LogP contribution in [0.5, 0.6) is 0 Å². The van der Waals surface area contributed by atoms with E-state index in [-0.39, 0.29) is 5.91 Å². The van der Waals surface area contributed by atoms with Crippen LogP contribution in [0.4, 0.5) is 5.69 Å². The second-order valence-corrected chi connectivity index (χ2v) is 7.34. The molecule has 0 atom stereocenters. The summed E-state index contributed by atoms with van der Waals surface area (Å²) in [7, 11) is 0. The second kappa shape index (κ2) is 9.25. The van der Waals surface area contributed by atoms with Crippen molar-refractivity contribution in [2.24, 2.45) is 5.10 Å². The average molecular weight is 451 g/mol. The molecular formula is C22H19BrN4O2. The molecule has 3 aromatic rings. The van der Waals surface area contributed by atoms with Gasteiger partial charge in [-0.25, -0.2) is 5.43 Å². The molecular weight excluding hydrogens is 432 g/mol. The molecule has 0 aliphatic heterocycles. The molecule has 1 aromatic heterocycles. The van der Waals surface area contributed by atoms with Crippen molar-refractivity contribution in [3.05, 3.63) is 93.2 Å². The number of benzene rings is 2. The minimum atomic E-state index is -0.434. The van der Waals surface area contributed by atoms with Gasteiger partial charge in [0.25, 0.3) is 11.8 Å². The summed E-state index contributed by atoms with van der Waals surface area (Å²) >= 11 is 3.36. The summed E-state index contributed by atoms with van der Waals surface area (Å²) in [5, 5.41) is 6.79. The van der Waals surface area contributed by atoms with Gasteiger partial charge in [-0.3, -0.25) is 14.6 Å². The Morgan fingerprint density at radius 2 is 1.72 bits per heavy atom. The van der Waals surface area contributed by atoms with Gasteiger partial charge < -0.3 is 5.32 Å². The number of nitrogens with zero attached hydrogens (tertiary/aromatic N) is 2. The first-order valence-corrected chi connectivity index (χ1v) is 9.65. The maximum atomic E-state index is 12.6. The molecule has 2 N–H and O–H groups in total. The van der Waals surface area contributed by atoms with Crippen molar-refractivity contribution in [3.8, 4) is 0 Å². The number of halogens is 1. The standard InChI is InChI=1S/C22H19BrN4O2/c1-14-3-4-16(11-15(14)2)13-25-27-22(29)19-12-18(23)5-6-20(19)26-21(28)17-7-9-24-10-8-17/h3-13H,1-2H3,(H,26,28)(H,27,29)/b25-13+.